The van der Waals surface area contributed by atoms with Crippen LogP contribution in [-0.2, 0) is 7.05 Å². The number of hydrogen-bond acceptors (Lipinski definition) is 2. The SMILES string of the molecule is Cn1cc(C(=O)O)c(=O)c(-c2ccc(F)cc2)c1. The van der Waals surface area contributed by atoms with Gasteiger partial charge in [-0.1, -0.05) is 12.1 Å². The highest BCUT2D eigenvalue weighted by atomic mass is 19.1. The largest absolute Gasteiger partial charge is 0.477 e. The molecular formula is C13H10FNO3. The minimum atomic E-state index is -1.28. The number of halogens is 1. The zero-order chi connectivity index (χ0) is 13.3. The van der Waals surface area contributed by atoms with Crippen molar-refractivity contribution in [3.8, 4) is 11.1 Å². The zero-order valence-corrected chi connectivity index (χ0v) is 9.55. The Balaban J connectivity index is 2.68. The normalized spacial score (nSPS) is 10.3. The predicted octanol–water partition coefficient (Wildman–Crippen LogP) is 1.89. The molecule has 0 unspecified atom stereocenters. The summed E-state index contributed by atoms with van der Waals surface area (Å²) in [6.45, 7) is 0. The molecule has 1 N–H and O–H groups in total. The molecule has 0 aliphatic heterocycles. The van der Waals surface area contributed by atoms with Crippen LogP contribution in [0.2, 0.25) is 0 Å². The van der Waals surface area contributed by atoms with E-state index in [1.807, 2.05) is 0 Å². The summed E-state index contributed by atoms with van der Waals surface area (Å²) in [7, 11) is 1.62. The van der Waals surface area contributed by atoms with E-state index in [0.717, 1.165) is 0 Å². The number of rotatable bonds is 2. The molecule has 0 aliphatic rings. The average Bonchev–Trinajstić information content (AvgIpc) is 2.32. The molecule has 0 spiro atoms. The van der Waals surface area contributed by atoms with Gasteiger partial charge >= 0.3 is 5.97 Å². The molecule has 0 saturated heterocycles. The Bertz CT molecular complexity index is 659. The fourth-order valence-corrected chi connectivity index (χ4v) is 1.69. The van der Waals surface area contributed by atoms with Crippen molar-refractivity contribution in [3.63, 3.8) is 0 Å². The first-order valence-corrected chi connectivity index (χ1v) is 5.18. The molecule has 0 bridgehead atoms. The van der Waals surface area contributed by atoms with Crippen molar-refractivity contribution in [3.05, 3.63) is 58.3 Å². The highest BCUT2D eigenvalue weighted by Crippen LogP contribution is 2.16. The van der Waals surface area contributed by atoms with E-state index in [4.69, 9.17) is 5.11 Å². The Morgan fingerprint density at radius 2 is 1.83 bits per heavy atom. The van der Waals surface area contributed by atoms with Crippen molar-refractivity contribution < 1.29 is 14.3 Å². The van der Waals surface area contributed by atoms with Crippen LogP contribution in [0.5, 0.6) is 0 Å². The third-order valence-electron chi connectivity index (χ3n) is 2.54. The Morgan fingerprint density at radius 3 is 2.39 bits per heavy atom. The van der Waals surface area contributed by atoms with Crippen LogP contribution in [0.15, 0.2) is 41.5 Å². The van der Waals surface area contributed by atoms with Crippen LogP contribution in [-0.4, -0.2) is 15.6 Å². The number of carboxylic acid groups (broad SMARTS) is 1. The van der Waals surface area contributed by atoms with Crippen molar-refractivity contribution in [1.29, 1.82) is 0 Å². The summed E-state index contributed by atoms with van der Waals surface area (Å²) in [5, 5.41) is 8.93. The number of aryl methyl sites for hydroxylation is 1. The monoisotopic (exact) mass is 247 g/mol. The first-order valence-electron chi connectivity index (χ1n) is 5.18. The van der Waals surface area contributed by atoms with E-state index in [9.17, 15) is 14.0 Å². The molecule has 18 heavy (non-hydrogen) atoms. The predicted molar refractivity (Wildman–Crippen MR) is 64.0 cm³/mol. The number of aromatic nitrogens is 1. The third-order valence-corrected chi connectivity index (χ3v) is 2.54. The van der Waals surface area contributed by atoms with Crippen molar-refractivity contribution in [2.75, 3.05) is 0 Å². The minimum Gasteiger partial charge on any atom is -0.477 e. The zero-order valence-electron chi connectivity index (χ0n) is 9.55. The minimum absolute atomic E-state index is 0.234. The maximum atomic E-state index is 12.8. The van der Waals surface area contributed by atoms with Crippen molar-refractivity contribution in [2.45, 2.75) is 0 Å². The summed E-state index contributed by atoms with van der Waals surface area (Å²) in [6.07, 6.45) is 2.76. The number of benzene rings is 1. The second-order valence-corrected chi connectivity index (χ2v) is 3.89. The van der Waals surface area contributed by atoms with Crippen LogP contribution >= 0.6 is 0 Å². The van der Waals surface area contributed by atoms with E-state index in [1.54, 1.807) is 7.05 Å². The summed E-state index contributed by atoms with van der Waals surface area (Å²) in [5.41, 5.74) is -0.163. The van der Waals surface area contributed by atoms with Gasteiger partial charge in [0.1, 0.15) is 11.4 Å². The van der Waals surface area contributed by atoms with Gasteiger partial charge in [0, 0.05) is 25.0 Å². The molecule has 1 aromatic heterocycles. The highest BCUT2D eigenvalue weighted by molar-refractivity contribution is 5.88. The molecule has 2 aromatic rings. The number of aromatic carboxylic acids is 1. The maximum Gasteiger partial charge on any atom is 0.341 e. The van der Waals surface area contributed by atoms with E-state index >= 15 is 0 Å². The topological polar surface area (TPSA) is 59.3 Å². The lowest BCUT2D eigenvalue weighted by Crippen LogP contribution is -2.18. The van der Waals surface area contributed by atoms with E-state index in [-0.39, 0.29) is 11.1 Å². The van der Waals surface area contributed by atoms with Gasteiger partial charge in [0.15, 0.2) is 0 Å². The first-order chi connectivity index (χ1) is 8.49. The summed E-state index contributed by atoms with van der Waals surface area (Å²) >= 11 is 0. The van der Waals surface area contributed by atoms with Gasteiger partial charge in [-0.15, -0.1) is 0 Å². The maximum absolute atomic E-state index is 12.8. The van der Waals surface area contributed by atoms with Crippen LogP contribution < -0.4 is 5.43 Å². The molecule has 0 saturated carbocycles. The summed E-state index contributed by atoms with van der Waals surface area (Å²) in [4.78, 5) is 22.9. The molecule has 92 valence electrons. The quantitative estimate of drug-likeness (QED) is 0.881. The molecule has 4 nitrogen and oxygen atoms in total. The number of nitrogens with zero attached hydrogens (tertiary/aromatic N) is 1. The number of carbonyl (C=O) groups is 1. The standard InChI is InChI=1S/C13H10FNO3/c1-15-6-10(8-2-4-9(14)5-3-8)12(16)11(7-15)13(17)18/h2-7H,1H3,(H,17,18). The van der Waals surface area contributed by atoms with E-state index in [2.05, 4.69) is 0 Å². The van der Waals surface area contributed by atoms with E-state index in [0.29, 0.717) is 5.56 Å². The van der Waals surface area contributed by atoms with Gasteiger partial charge in [0.05, 0.1) is 0 Å². The molecule has 1 heterocycles. The molecule has 0 atom stereocenters. The van der Waals surface area contributed by atoms with Crippen LogP contribution in [0.1, 0.15) is 10.4 Å². The van der Waals surface area contributed by atoms with Crippen molar-refractivity contribution >= 4 is 5.97 Å². The van der Waals surface area contributed by atoms with Crippen LogP contribution in [0, 0.1) is 5.82 Å². The second kappa shape index (κ2) is 4.44. The van der Waals surface area contributed by atoms with Gasteiger partial charge < -0.3 is 9.67 Å². The van der Waals surface area contributed by atoms with E-state index < -0.39 is 17.2 Å². The molecule has 0 fully saturated rings. The van der Waals surface area contributed by atoms with Crippen molar-refractivity contribution in [2.24, 2.45) is 7.05 Å². The third kappa shape index (κ3) is 2.15. The molecule has 1 aromatic carbocycles. The first kappa shape index (κ1) is 12.0. The lowest BCUT2D eigenvalue weighted by Gasteiger charge is -2.06. The summed E-state index contributed by atoms with van der Waals surface area (Å²) in [6, 6.07) is 5.33. The summed E-state index contributed by atoms with van der Waals surface area (Å²) < 4.78 is 14.3. The Labute approximate surface area is 102 Å². The molecule has 5 heteroatoms. The van der Waals surface area contributed by atoms with Gasteiger partial charge in [0.2, 0.25) is 5.43 Å². The highest BCUT2D eigenvalue weighted by Gasteiger charge is 2.14. The smallest absolute Gasteiger partial charge is 0.341 e. The molecule has 0 aliphatic carbocycles. The Kier molecular flexibility index (Phi) is 2.97. The summed E-state index contributed by atoms with van der Waals surface area (Å²) in [5.74, 6) is -1.69. The molecule has 0 amide bonds. The fourth-order valence-electron chi connectivity index (χ4n) is 1.69. The van der Waals surface area contributed by atoms with Crippen molar-refractivity contribution in [1.82, 2.24) is 4.57 Å². The fraction of sp³-hybridized carbons (Fsp3) is 0.0769. The van der Waals surface area contributed by atoms with Crippen LogP contribution in [0.3, 0.4) is 0 Å². The van der Waals surface area contributed by atoms with E-state index in [1.165, 1.54) is 41.2 Å². The Hall–Kier alpha value is -2.43. The second-order valence-electron chi connectivity index (χ2n) is 3.89. The van der Waals surface area contributed by atoms with Gasteiger partial charge in [-0.3, -0.25) is 4.79 Å². The average molecular weight is 247 g/mol. The molecular weight excluding hydrogens is 237 g/mol. The number of carboxylic acids is 1. The molecule has 2 rings (SSSR count). The molecule has 0 radical (unpaired) electrons. The lowest BCUT2D eigenvalue weighted by molar-refractivity contribution is 0.0694. The lowest BCUT2D eigenvalue weighted by atomic mass is 10.1. The van der Waals surface area contributed by atoms with Gasteiger partial charge in [0.25, 0.3) is 0 Å². The van der Waals surface area contributed by atoms with Gasteiger partial charge in [-0.2, -0.15) is 0 Å². The van der Waals surface area contributed by atoms with Crippen LogP contribution in [0.4, 0.5) is 4.39 Å². The van der Waals surface area contributed by atoms with Gasteiger partial charge in [-0.25, -0.2) is 9.18 Å². The Morgan fingerprint density at radius 1 is 1.22 bits per heavy atom. The number of pyridine rings is 1. The van der Waals surface area contributed by atoms with Crippen LogP contribution in [0.25, 0.3) is 11.1 Å². The number of hydrogen-bond donors (Lipinski definition) is 1. The van der Waals surface area contributed by atoms with Gasteiger partial charge in [-0.05, 0) is 17.7 Å².